The van der Waals surface area contributed by atoms with E-state index in [1.807, 2.05) is 0 Å². The highest BCUT2D eigenvalue weighted by molar-refractivity contribution is 5.95. The maximum Gasteiger partial charge on any atom is 0.310 e. The topological polar surface area (TPSA) is 96.7 Å². The lowest BCUT2D eigenvalue weighted by molar-refractivity contribution is -0.385. The molecule has 8 heteroatoms. The second-order valence-corrected chi connectivity index (χ2v) is 5.34. The van der Waals surface area contributed by atoms with E-state index >= 15 is 0 Å². The zero-order chi connectivity index (χ0) is 16.7. The molecule has 0 aliphatic carbocycles. The molecule has 23 heavy (non-hydrogen) atoms. The number of nitro groups is 1. The third-order valence-electron chi connectivity index (χ3n) is 3.78. The SMILES string of the molecule is COc1cc(C(=O)NCCCN2CCNCC2)ccc1[N+](=O)[O-]. The molecule has 8 nitrogen and oxygen atoms in total. The average Bonchev–Trinajstić information content (AvgIpc) is 2.58. The van der Waals surface area contributed by atoms with Crippen molar-refractivity contribution in [3.05, 3.63) is 33.9 Å². The van der Waals surface area contributed by atoms with Gasteiger partial charge in [0.2, 0.25) is 0 Å². The van der Waals surface area contributed by atoms with Crippen molar-refractivity contribution >= 4 is 11.6 Å². The highest BCUT2D eigenvalue weighted by Crippen LogP contribution is 2.27. The van der Waals surface area contributed by atoms with E-state index in [9.17, 15) is 14.9 Å². The predicted octanol–water partition coefficient (Wildman–Crippen LogP) is 0.629. The lowest BCUT2D eigenvalue weighted by atomic mass is 10.1. The number of nitro benzene ring substituents is 1. The van der Waals surface area contributed by atoms with Crippen LogP contribution in [-0.4, -0.2) is 62.1 Å². The molecule has 1 amide bonds. The lowest BCUT2D eigenvalue weighted by Gasteiger charge is -2.27. The van der Waals surface area contributed by atoms with Crippen molar-refractivity contribution in [2.75, 3.05) is 46.4 Å². The molecule has 2 rings (SSSR count). The number of carbonyl (C=O) groups excluding carboxylic acids is 1. The summed E-state index contributed by atoms with van der Waals surface area (Å²) in [6, 6.07) is 4.12. The van der Waals surface area contributed by atoms with E-state index in [1.54, 1.807) is 0 Å². The van der Waals surface area contributed by atoms with E-state index in [2.05, 4.69) is 15.5 Å². The minimum atomic E-state index is -0.534. The van der Waals surface area contributed by atoms with Gasteiger partial charge in [-0.2, -0.15) is 0 Å². The maximum atomic E-state index is 12.1. The van der Waals surface area contributed by atoms with Crippen LogP contribution in [0.5, 0.6) is 5.75 Å². The number of nitrogens with zero attached hydrogens (tertiary/aromatic N) is 2. The summed E-state index contributed by atoms with van der Waals surface area (Å²) < 4.78 is 4.97. The van der Waals surface area contributed by atoms with Crippen LogP contribution in [0.3, 0.4) is 0 Å². The Kier molecular flexibility index (Phi) is 6.30. The van der Waals surface area contributed by atoms with Gasteiger partial charge in [0.25, 0.3) is 5.91 Å². The maximum absolute atomic E-state index is 12.1. The predicted molar refractivity (Wildman–Crippen MR) is 85.9 cm³/mol. The van der Waals surface area contributed by atoms with Crippen molar-refractivity contribution in [3.63, 3.8) is 0 Å². The van der Waals surface area contributed by atoms with Crippen molar-refractivity contribution in [1.29, 1.82) is 0 Å². The fourth-order valence-corrected chi connectivity index (χ4v) is 2.51. The second-order valence-electron chi connectivity index (χ2n) is 5.34. The van der Waals surface area contributed by atoms with E-state index in [1.165, 1.54) is 25.3 Å². The van der Waals surface area contributed by atoms with Crippen LogP contribution in [0.15, 0.2) is 18.2 Å². The third-order valence-corrected chi connectivity index (χ3v) is 3.78. The van der Waals surface area contributed by atoms with Gasteiger partial charge in [-0.3, -0.25) is 14.9 Å². The van der Waals surface area contributed by atoms with Crippen LogP contribution in [0.1, 0.15) is 16.8 Å². The molecule has 126 valence electrons. The van der Waals surface area contributed by atoms with E-state index in [0.29, 0.717) is 12.1 Å². The van der Waals surface area contributed by atoms with Crippen LogP contribution in [0, 0.1) is 10.1 Å². The van der Waals surface area contributed by atoms with Crippen LogP contribution in [-0.2, 0) is 0 Å². The number of hydrogen-bond acceptors (Lipinski definition) is 6. The van der Waals surface area contributed by atoms with Gasteiger partial charge >= 0.3 is 5.69 Å². The quantitative estimate of drug-likeness (QED) is 0.434. The summed E-state index contributed by atoms with van der Waals surface area (Å²) in [6.07, 6.45) is 0.871. The van der Waals surface area contributed by atoms with Crippen molar-refractivity contribution in [3.8, 4) is 5.75 Å². The molecule has 1 fully saturated rings. The first-order chi connectivity index (χ1) is 11.1. The Morgan fingerprint density at radius 1 is 1.43 bits per heavy atom. The van der Waals surface area contributed by atoms with Gasteiger partial charge in [0.1, 0.15) is 0 Å². The van der Waals surface area contributed by atoms with Gasteiger partial charge in [0, 0.05) is 50.4 Å². The summed E-state index contributed by atoms with van der Waals surface area (Å²) in [5.41, 5.74) is 0.206. The number of nitrogens with one attached hydrogen (secondary N) is 2. The lowest BCUT2D eigenvalue weighted by Crippen LogP contribution is -2.44. The Morgan fingerprint density at radius 2 is 2.17 bits per heavy atom. The minimum Gasteiger partial charge on any atom is -0.490 e. The Bertz CT molecular complexity index is 558. The summed E-state index contributed by atoms with van der Waals surface area (Å²) in [4.78, 5) is 24.7. The molecule has 1 aromatic carbocycles. The summed E-state index contributed by atoms with van der Waals surface area (Å²) in [5.74, 6) is -0.165. The Morgan fingerprint density at radius 3 is 2.83 bits per heavy atom. The molecule has 0 atom stereocenters. The van der Waals surface area contributed by atoms with Crippen LogP contribution < -0.4 is 15.4 Å². The number of hydrogen-bond donors (Lipinski definition) is 2. The summed E-state index contributed by atoms with van der Waals surface area (Å²) >= 11 is 0. The van der Waals surface area contributed by atoms with Gasteiger partial charge < -0.3 is 20.3 Å². The van der Waals surface area contributed by atoms with E-state index in [-0.39, 0.29) is 17.3 Å². The summed E-state index contributed by atoms with van der Waals surface area (Å²) in [7, 11) is 1.34. The second kappa shape index (κ2) is 8.44. The van der Waals surface area contributed by atoms with Crippen LogP contribution >= 0.6 is 0 Å². The molecule has 0 aromatic heterocycles. The zero-order valence-electron chi connectivity index (χ0n) is 13.2. The van der Waals surface area contributed by atoms with Crippen molar-refractivity contribution in [2.45, 2.75) is 6.42 Å². The molecule has 0 spiro atoms. The first-order valence-electron chi connectivity index (χ1n) is 7.65. The first-order valence-corrected chi connectivity index (χ1v) is 7.65. The molecular weight excluding hydrogens is 300 g/mol. The minimum absolute atomic E-state index is 0.0865. The van der Waals surface area contributed by atoms with Crippen LogP contribution in [0.25, 0.3) is 0 Å². The Hall–Kier alpha value is -2.19. The highest BCUT2D eigenvalue weighted by atomic mass is 16.6. The number of piperazine rings is 1. The Balaban J connectivity index is 1.82. The monoisotopic (exact) mass is 322 g/mol. The number of benzene rings is 1. The largest absolute Gasteiger partial charge is 0.490 e. The van der Waals surface area contributed by atoms with Crippen LogP contribution in [0.2, 0.25) is 0 Å². The van der Waals surface area contributed by atoms with Crippen molar-refractivity contribution < 1.29 is 14.5 Å². The zero-order valence-corrected chi connectivity index (χ0v) is 13.2. The Labute approximate surface area is 134 Å². The number of carbonyl (C=O) groups is 1. The van der Waals surface area contributed by atoms with E-state index in [4.69, 9.17) is 4.74 Å². The van der Waals surface area contributed by atoms with Gasteiger partial charge in [-0.05, 0) is 19.0 Å². The fourth-order valence-electron chi connectivity index (χ4n) is 2.51. The molecule has 0 radical (unpaired) electrons. The smallest absolute Gasteiger partial charge is 0.310 e. The van der Waals surface area contributed by atoms with Gasteiger partial charge in [-0.1, -0.05) is 0 Å². The number of rotatable bonds is 7. The number of methoxy groups -OCH3 is 1. The van der Waals surface area contributed by atoms with Gasteiger partial charge in [-0.25, -0.2) is 0 Å². The van der Waals surface area contributed by atoms with Crippen molar-refractivity contribution in [1.82, 2.24) is 15.5 Å². The molecule has 1 aliphatic rings. The van der Waals surface area contributed by atoms with Gasteiger partial charge in [0.05, 0.1) is 12.0 Å². The van der Waals surface area contributed by atoms with E-state index < -0.39 is 4.92 Å². The summed E-state index contributed by atoms with van der Waals surface area (Å²) in [6.45, 7) is 5.61. The van der Waals surface area contributed by atoms with Crippen molar-refractivity contribution in [2.24, 2.45) is 0 Å². The molecule has 0 unspecified atom stereocenters. The van der Waals surface area contributed by atoms with Crippen LogP contribution in [0.4, 0.5) is 5.69 Å². The fraction of sp³-hybridized carbons (Fsp3) is 0.533. The molecule has 2 N–H and O–H groups in total. The average molecular weight is 322 g/mol. The van der Waals surface area contributed by atoms with E-state index in [0.717, 1.165) is 39.1 Å². The standard InChI is InChI=1S/C15H22N4O4/c1-23-14-11-12(3-4-13(14)19(21)22)15(20)17-5-2-8-18-9-6-16-7-10-18/h3-4,11,16H,2,5-10H2,1H3,(H,17,20). The molecule has 0 bridgehead atoms. The van der Waals surface area contributed by atoms with Gasteiger partial charge in [-0.15, -0.1) is 0 Å². The first kappa shape index (κ1) is 17.2. The summed E-state index contributed by atoms with van der Waals surface area (Å²) in [5, 5.41) is 17.0. The molecule has 1 saturated heterocycles. The van der Waals surface area contributed by atoms with Gasteiger partial charge in [0.15, 0.2) is 5.75 Å². The highest BCUT2D eigenvalue weighted by Gasteiger charge is 2.17. The molecule has 1 aromatic rings. The molecular formula is C15H22N4O4. The normalized spacial score (nSPS) is 15.2. The number of amides is 1. The molecule has 1 heterocycles. The molecule has 1 aliphatic heterocycles. The third kappa shape index (κ3) is 4.90. The number of ether oxygens (including phenoxy) is 1. The molecule has 0 saturated carbocycles.